The minimum Gasteiger partial charge on any atom is -0.486 e. The van der Waals surface area contributed by atoms with Crippen molar-refractivity contribution >= 4 is 63.2 Å². The number of hydrazone groups is 1. The fraction of sp³-hybridized carbons (Fsp3) is 0.200. The molecule has 1 aliphatic rings. The zero-order valence-corrected chi connectivity index (χ0v) is 22.4. The highest BCUT2D eigenvalue weighted by atomic mass is 79.9. The molecule has 0 bridgehead atoms. The molecule has 5 nitrogen and oxygen atoms in total. The number of halogens is 3. The number of benzene rings is 3. The Labute approximate surface area is 224 Å². The van der Waals surface area contributed by atoms with Gasteiger partial charge in [-0.25, -0.2) is 9.82 Å². The van der Waals surface area contributed by atoms with Crippen LogP contribution < -0.4 is 14.9 Å². The average Bonchev–Trinajstić information content (AvgIpc) is 3.39. The van der Waals surface area contributed by atoms with E-state index in [1.54, 1.807) is 30.3 Å². The molecule has 1 fully saturated rings. The van der Waals surface area contributed by atoms with Gasteiger partial charge in [-0.2, -0.15) is 5.10 Å². The number of hydrogen-bond acceptors (Lipinski definition) is 6. The number of amides is 1. The van der Waals surface area contributed by atoms with Crippen molar-refractivity contribution in [3.05, 3.63) is 92.7 Å². The predicted molar refractivity (Wildman–Crippen MR) is 145 cm³/mol. The number of rotatable bonds is 9. The number of carbonyl (C=O) groups excluding carboxylic acids is 1. The number of thioether (sulfide) groups is 2. The summed E-state index contributed by atoms with van der Waals surface area (Å²) < 4.78 is 26.1. The Balaban J connectivity index is 1.26. The number of carbonyl (C=O) groups is 1. The van der Waals surface area contributed by atoms with E-state index in [9.17, 15) is 9.18 Å². The minimum absolute atomic E-state index is 0.0374. The van der Waals surface area contributed by atoms with Crippen LogP contribution in [0, 0.1) is 5.82 Å². The van der Waals surface area contributed by atoms with Crippen molar-refractivity contribution < 1.29 is 18.7 Å². The van der Waals surface area contributed by atoms with Crippen LogP contribution >= 0.6 is 51.1 Å². The second-order valence-corrected chi connectivity index (χ2v) is 11.4. The van der Waals surface area contributed by atoms with Crippen molar-refractivity contribution in [2.45, 2.75) is 11.2 Å². The number of nitrogens with zero attached hydrogens (tertiary/aromatic N) is 1. The van der Waals surface area contributed by atoms with Crippen LogP contribution in [0.15, 0.2) is 70.2 Å². The SMILES string of the molecule is O=C(COc1ccc(C2SCCS2)cc1)N/N=C\c1cc(Cl)c(OCc2ccccc2F)c(Br)c1. The molecule has 0 aliphatic carbocycles. The van der Waals surface area contributed by atoms with E-state index >= 15 is 0 Å². The Bertz CT molecular complexity index is 1180. The third-order valence-electron chi connectivity index (χ3n) is 4.90. The quantitative estimate of drug-likeness (QED) is 0.217. The summed E-state index contributed by atoms with van der Waals surface area (Å²) in [5.74, 6) is 2.63. The van der Waals surface area contributed by atoms with Gasteiger partial charge in [0.2, 0.25) is 0 Å². The van der Waals surface area contributed by atoms with Gasteiger partial charge in [-0.05, 0) is 57.4 Å². The first-order valence-electron chi connectivity index (χ1n) is 10.6. The van der Waals surface area contributed by atoms with Crippen molar-refractivity contribution in [3.8, 4) is 11.5 Å². The number of ether oxygens (including phenoxy) is 2. The van der Waals surface area contributed by atoms with E-state index in [1.165, 1.54) is 29.4 Å². The summed E-state index contributed by atoms with van der Waals surface area (Å²) in [7, 11) is 0. The van der Waals surface area contributed by atoms with Crippen LogP contribution in [0.2, 0.25) is 5.02 Å². The highest BCUT2D eigenvalue weighted by Crippen LogP contribution is 2.45. The number of hydrogen-bond donors (Lipinski definition) is 1. The molecule has 4 rings (SSSR count). The first-order chi connectivity index (χ1) is 17.0. The van der Waals surface area contributed by atoms with Crippen LogP contribution in [0.3, 0.4) is 0 Å². The maximum Gasteiger partial charge on any atom is 0.277 e. The van der Waals surface area contributed by atoms with Crippen LogP contribution in [0.5, 0.6) is 11.5 Å². The Morgan fingerprint density at radius 3 is 2.60 bits per heavy atom. The summed E-state index contributed by atoms with van der Waals surface area (Å²) in [5.41, 5.74) is 4.75. The Kier molecular flexibility index (Phi) is 9.37. The molecule has 3 aromatic carbocycles. The monoisotopic (exact) mass is 594 g/mol. The van der Waals surface area contributed by atoms with Crippen LogP contribution in [0.1, 0.15) is 21.3 Å². The fourth-order valence-electron chi connectivity index (χ4n) is 3.19. The molecule has 0 aromatic heterocycles. The maximum absolute atomic E-state index is 13.8. The zero-order valence-electron chi connectivity index (χ0n) is 18.4. The van der Waals surface area contributed by atoms with Crippen molar-refractivity contribution in [3.63, 3.8) is 0 Å². The lowest BCUT2D eigenvalue weighted by Gasteiger charge is -2.11. The second kappa shape index (κ2) is 12.7. The van der Waals surface area contributed by atoms with E-state index in [-0.39, 0.29) is 24.9 Å². The third kappa shape index (κ3) is 7.39. The highest BCUT2D eigenvalue weighted by Gasteiger charge is 2.18. The second-order valence-electron chi connectivity index (χ2n) is 7.42. The molecular formula is C25H21BrClFN2O3S2. The molecule has 1 N–H and O–H groups in total. The summed E-state index contributed by atoms with van der Waals surface area (Å²) >= 11 is 13.6. The Morgan fingerprint density at radius 2 is 1.89 bits per heavy atom. The molecule has 182 valence electrons. The van der Waals surface area contributed by atoms with Crippen molar-refractivity contribution in [2.75, 3.05) is 18.1 Å². The normalized spacial score (nSPS) is 13.8. The van der Waals surface area contributed by atoms with Crippen molar-refractivity contribution in [1.29, 1.82) is 0 Å². The summed E-state index contributed by atoms with van der Waals surface area (Å²) in [5, 5.41) is 4.28. The Morgan fingerprint density at radius 1 is 1.14 bits per heavy atom. The number of nitrogens with one attached hydrogen (secondary N) is 1. The third-order valence-corrected chi connectivity index (χ3v) is 8.87. The lowest BCUT2D eigenvalue weighted by Crippen LogP contribution is -2.24. The molecule has 1 amide bonds. The lowest BCUT2D eigenvalue weighted by molar-refractivity contribution is -0.123. The molecule has 35 heavy (non-hydrogen) atoms. The first-order valence-corrected chi connectivity index (χ1v) is 13.9. The standard InChI is InChI=1S/C25H21BrClFN2O3S2/c26-20-11-16(12-21(27)24(20)33-14-18-3-1-2-4-22(18)28)13-29-30-23(31)15-32-19-7-5-17(6-8-19)25-34-9-10-35-25/h1-8,11-13,25H,9-10,14-15H2,(H,30,31)/b29-13-. The summed E-state index contributed by atoms with van der Waals surface area (Å²) in [4.78, 5) is 12.1. The largest absolute Gasteiger partial charge is 0.486 e. The average molecular weight is 596 g/mol. The summed E-state index contributed by atoms with van der Waals surface area (Å²) in [6.07, 6.45) is 1.46. The summed E-state index contributed by atoms with van der Waals surface area (Å²) in [6, 6.07) is 17.6. The van der Waals surface area contributed by atoms with Gasteiger partial charge in [-0.3, -0.25) is 4.79 Å². The van der Waals surface area contributed by atoms with Gasteiger partial charge in [-0.1, -0.05) is 41.9 Å². The van der Waals surface area contributed by atoms with E-state index in [0.29, 0.717) is 36.7 Å². The van der Waals surface area contributed by atoms with Gasteiger partial charge in [0.1, 0.15) is 18.2 Å². The van der Waals surface area contributed by atoms with Gasteiger partial charge in [0.05, 0.1) is 20.3 Å². The van der Waals surface area contributed by atoms with Gasteiger partial charge in [0.15, 0.2) is 12.4 Å². The van der Waals surface area contributed by atoms with E-state index in [0.717, 1.165) is 0 Å². The van der Waals surface area contributed by atoms with Gasteiger partial charge in [0, 0.05) is 17.1 Å². The molecule has 1 aliphatic heterocycles. The molecule has 0 spiro atoms. The molecule has 1 saturated heterocycles. The predicted octanol–water partition coefficient (Wildman–Crippen LogP) is 6.83. The van der Waals surface area contributed by atoms with Gasteiger partial charge < -0.3 is 9.47 Å². The zero-order chi connectivity index (χ0) is 24.6. The Hall–Kier alpha value is -2.20. The molecule has 0 radical (unpaired) electrons. The minimum atomic E-state index is -0.387. The lowest BCUT2D eigenvalue weighted by atomic mass is 10.2. The van der Waals surface area contributed by atoms with Crippen molar-refractivity contribution in [1.82, 2.24) is 5.43 Å². The van der Waals surface area contributed by atoms with Crippen LogP contribution in [-0.4, -0.2) is 30.2 Å². The molecule has 10 heteroatoms. The molecule has 1 heterocycles. The smallest absolute Gasteiger partial charge is 0.277 e. The molecule has 3 aromatic rings. The van der Waals surface area contributed by atoms with E-state index in [4.69, 9.17) is 21.1 Å². The van der Waals surface area contributed by atoms with E-state index in [2.05, 4.69) is 26.5 Å². The molecule has 0 unspecified atom stereocenters. The van der Waals surface area contributed by atoms with E-state index in [1.807, 2.05) is 47.8 Å². The molecule has 0 atom stereocenters. The van der Waals surface area contributed by atoms with Crippen LogP contribution in [0.25, 0.3) is 0 Å². The molecule has 0 saturated carbocycles. The summed E-state index contributed by atoms with van der Waals surface area (Å²) in [6.45, 7) is -0.118. The highest BCUT2D eigenvalue weighted by molar-refractivity contribution is 9.10. The van der Waals surface area contributed by atoms with Gasteiger partial charge in [0.25, 0.3) is 5.91 Å². The van der Waals surface area contributed by atoms with E-state index < -0.39 is 0 Å². The van der Waals surface area contributed by atoms with Crippen LogP contribution in [0.4, 0.5) is 4.39 Å². The first kappa shape index (κ1) is 25.9. The van der Waals surface area contributed by atoms with Crippen molar-refractivity contribution in [2.24, 2.45) is 5.10 Å². The fourth-order valence-corrected chi connectivity index (χ4v) is 7.04. The maximum atomic E-state index is 13.8. The topological polar surface area (TPSA) is 59.9 Å². The van der Waals surface area contributed by atoms with Crippen LogP contribution in [-0.2, 0) is 11.4 Å². The molecular weight excluding hydrogens is 575 g/mol. The van der Waals surface area contributed by atoms with Gasteiger partial charge in [-0.15, -0.1) is 23.5 Å². The van der Waals surface area contributed by atoms with Gasteiger partial charge >= 0.3 is 0 Å².